The summed E-state index contributed by atoms with van der Waals surface area (Å²) in [6, 6.07) is 13.0. The number of hydrogen-bond acceptors (Lipinski definition) is 6. The standard InChI is InChI=1S/C19H21N3O3S/c1-3-25-12-15-6-4-14(5-7-15)11-20-19-17-10-16(26(2,23)24)8-9-18(17)21-13-22-19/h4-10,13H,3,11-12H2,1-2H3,(H,20,21,22). The lowest BCUT2D eigenvalue weighted by atomic mass is 10.1. The zero-order chi connectivity index (χ0) is 18.6. The van der Waals surface area contributed by atoms with E-state index in [0.29, 0.717) is 36.5 Å². The van der Waals surface area contributed by atoms with E-state index in [1.165, 1.54) is 12.6 Å². The number of nitrogens with one attached hydrogen (secondary N) is 1. The molecule has 0 amide bonds. The van der Waals surface area contributed by atoms with E-state index in [-0.39, 0.29) is 4.90 Å². The van der Waals surface area contributed by atoms with Crippen LogP contribution >= 0.6 is 0 Å². The average molecular weight is 371 g/mol. The summed E-state index contributed by atoms with van der Waals surface area (Å²) in [6.45, 7) is 3.85. The summed E-state index contributed by atoms with van der Waals surface area (Å²) >= 11 is 0. The Hall–Kier alpha value is -2.51. The lowest BCUT2D eigenvalue weighted by Gasteiger charge is -2.10. The van der Waals surface area contributed by atoms with E-state index in [9.17, 15) is 8.42 Å². The van der Waals surface area contributed by atoms with Crippen molar-refractivity contribution >= 4 is 26.6 Å². The molecule has 0 saturated heterocycles. The van der Waals surface area contributed by atoms with Crippen molar-refractivity contribution in [1.82, 2.24) is 9.97 Å². The predicted molar refractivity (Wildman–Crippen MR) is 102 cm³/mol. The SMILES string of the molecule is CCOCc1ccc(CNc2ncnc3ccc(S(C)(=O)=O)cc23)cc1. The number of fused-ring (bicyclic) bond motifs is 1. The molecule has 0 unspecified atom stereocenters. The van der Waals surface area contributed by atoms with Crippen molar-refractivity contribution < 1.29 is 13.2 Å². The van der Waals surface area contributed by atoms with Gasteiger partial charge in [0.2, 0.25) is 0 Å². The third-order valence-corrected chi connectivity index (χ3v) is 5.10. The molecule has 0 aliphatic rings. The van der Waals surface area contributed by atoms with Crippen LogP contribution in [-0.4, -0.2) is 31.2 Å². The van der Waals surface area contributed by atoms with Crippen LogP contribution in [0.1, 0.15) is 18.1 Å². The van der Waals surface area contributed by atoms with Crippen LogP contribution in [0.15, 0.2) is 53.7 Å². The van der Waals surface area contributed by atoms with Crippen LogP contribution in [0.4, 0.5) is 5.82 Å². The Morgan fingerprint density at radius 2 is 1.77 bits per heavy atom. The van der Waals surface area contributed by atoms with Crippen molar-refractivity contribution in [3.63, 3.8) is 0 Å². The summed E-state index contributed by atoms with van der Waals surface area (Å²) in [6.07, 6.45) is 2.66. The maximum absolute atomic E-state index is 11.8. The molecular weight excluding hydrogens is 350 g/mol. The van der Waals surface area contributed by atoms with Crippen LogP contribution < -0.4 is 5.32 Å². The zero-order valence-corrected chi connectivity index (χ0v) is 15.6. The molecule has 136 valence electrons. The van der Waals surface area contributed by atoms with Crippen LogP contribution in [0, 0.1) is 0 Å². The summed E-state index contributed by atoms with van der Waals surface area (Å²) in [5.74, 6) is 0.610. The van der Waals surface area contributed by atoms with Crippen molar-refractivity contribution in [2.24, 2.45) is 0 Å². The number of nitrogens with zero attached hydrogens (tertiary/aromatic N) is 2. The van der Waals surface area contributed by atoms with Gasteiger partial charge < -0.3 is 10.1 Å². The molecule has 0 aliphatic heterocycles. The van der Waals surface area contributed by atoms with Crippen LogP contribution in [0.3, 0.4) is 0 Å². The monoisotopic (exact) mass is 371 g/mol. The summed E-state index contributed by atoms with van der Waals surface area (Å²) in [7, 11) is -3.29. The highest BCUT2D eigenvalue weighted by molar-refractivity contribution is 7.90. The Labute approximate surface area is 153 Å². The van der Waals surface area contributed by atoms with Gasteiger partial charge in [0, 0.05) is 24.8 Å². The number of sulfone groups is 1. The Morgan fingerprint density at radius 1 is 1.04 bits per heavy atom. The number of anilines is 1. The molecule has 0 fully saturated rings. The molecule has 3 rings (SSSR count). The Morgan fingerprint density at radius 3 is 2.46 bits per heavy atom. The first-order valence-corrected chi connectivity index (χ1v) is 10.2. The van der Waals surface area contributed by atoms with Crippen LogP contribution in [0.5, 0.6) is 0 Å². The molecule has 6 nitrogen and oxygen atoms in total. The molecule has 1 heterocycles. The van der Waals surface area contributed by atoms with Gasteiger partial charge in [-0.2, -0.15) is 0 Å². The smallest absolute Gasteiger partial charge is 0.175 e. The van der Waals surface area contributed by atoms with E-state index in [1.807, 2.05) is 31.2 Å². The van der Waals surface area contributed by atoms with Gasteiger partial charge in [-0.1, -0.05) is 24.3 Å². The van der Waals surface area contributed by atoms with Gasteiger partial charge in [0.25, 0.3) is 0 Å². The molecule has 2 aromatic carbocycles. The van der Waals surface area contributed by atoms with Crippen LogP contribution in [0.2, 0.25) is 0 Å². The van der Waals surface area contributed by atoms with Gasteiger partial charge in [0.1, 0.15) is 12.1 Å². The second-order valence-corrected chi connectivity index (χ2v) is 8.00. The first-order valence-electron chi connectivity index (χ1n) is 8.31. The van der Waals surface area contributed by atoms with E-state index in [0.717, 1.165) is 11.1 Å². The first kappa shape index (κ1) is 18.3. The molecule has 0 atom stereocenters. The molecule has 3 aromatic rings. The average Bonchev–Trinajstić information content (AvgIpc) is 2.64. The Kier molecular flexibility index (Phi) is 5.49. The van der Waals surface area contributed by atoms with Crippen molar-refractivity contribution in [2.45, 2.75) is 25.0 Å². The highest BCUT2D eigenvalue weighted by atomic mass is 32.2. The maximum Gasteiger partial charge on any atom is 0.175 e. The molecule has 1 N–H and O–H groups in total. The number of ether oxygens (including phenoxy) is 1. The minimum atomic E-state index is -3.29. The predicted octanol–water partition coefficient (Wildman–Crippen LogP) is 3.18. The molecule has 0 aliphatic carbocycles. The normalized spacial score (nSPS) is 11.6. The molecule has 0 spiro atoms. The highest BCUT2D eigenvalue weighted by Gasteiger charge is 2.11. The topological polar surface area (TPSA) is 81.2 Å². The summed E-state index contributed by atoms with van der Waals surface area (Å²) in [4.78, 5) is 8.72. The summed E-state index contributed by atoms with van der Waals surface area (Å²) < 4.78 is 29.0. The number of aromatic nitrogens is 2. The number of benzene rings is 2. The molecule has 1 aromatic heterocycles. The van der Waals surface area contributed by atoms with Crippen molar-refractivity contribution in [3.8, 4) is 0 Å². The third kappa shape index (κ3) is 4.36. The molecule has 0 saturated carbocycles. The number of hydrogen-bond donors (Lipinski definition) is 1. The third-order valence-electron chi connectivity index (χ3n) is 3.99. The summed E-state index contributed by atoms with van der Waals surface area (Å²) in [5.41, 5.74) is 2.92. The molecule has 0 radical (unpaired) electrons. The number of rotatable bonds is 7. The van der Waals surface area contributed by atoms with Gasteiger partial charge >= 0.3 is 0 Å². The van der Waals surface area contributed by atoms with Crippen molar-refractivity contribution in [2.75, 3.05) is 18.2 Å². The second-order valence-electron chi connectivity index (χ2n) is 5.98. The van der Waals surface area contributed by atoms with E-state index < -0.39 is 9.84 Å². The Balaban J connectivity index is 1.80. The second kappa shape index (κ2) is 7.80. The van der Waals surface area contributed by atoms with Crippen molar-refractivity contribution in [3.05, 3.63) is 59.9 Å². The van der Waals surface area contributed by atoms with E-state index >= 15 is 0 Å². The van der Waals surface area contributed by atoms with Gasteiger partial charge in [0.15, 0.2) is 9.84 Å². The fourth-order valence-electron chi connectivity index (χ4n) is 2.57. The van der Waals surface area contributed by atoms with Gasteiger partial charge in [-0.15, -0.1) is 0 Å². The van der Waals surface area contributed by atoms with Gasteiger partial charge in [-0.05, 0) is 36.2 Å². The Bertz CT molecular complexity index is 1000. The molecule has 26 heavy (non-hydrogen) atoms. The minimum absolute atomic E-state index is 0.253. The minimum Gasteiger partial charge on any atom is -0.377 e. The van der Waals surface area contributed by atoms with E-state index in [1.54, 1.807) is 18.2 Å². The molecule has 7 heteroatoms. The molecular formula is C19H21N3O3S. The zero-order valence-electron chi connectivity index (χ0n) is 14.8. The lowest BCUT2D eigenvalue weighted by Crippen LogP contribution is -2.04. The summed E-state index contributed by atoms with van der Waals surface area (Å²) in [5, 5.41) is 3.95. The maximum atomic E-state index is 11.8. The van der Waals surface area contributed by atoms with Gasteiger partial charge in [0.05, 0.1) is 17.0 Å². The largest absolute Gasteiger partial charge is 0.377 e. The quantitative estimate of drug-likeness (QED) is 0.687. The van der Waals surface area contributed by atoms with E-state index in [4.69, 9.17) is 4.74 Å². The van der Waals surface area contributed by atoms with Crippen molar-refractivity contribution in [1.29, 1.82) is 0 Å². The fraction of sp³-hybridized carbons (Fsp3) is 0.263. The first-order chi connectivity index (χ1) is 12.5. The molecule has 0 bridgehead atoms. The van der Waals surface area contributed by atoms with Crippen LogP contribution in [0.25, 0.3) is 10.9 Å². The van der Waals surface area contributed by atoms with E-state index in [2.05, 4.69) is 15.3 Å². The van der Waals surface area contributed by atoms with Crippen LogP contribution in [-0.2, 0) is 27.7 Å². The highest BCUT2D eigenvalue weighted by Crippen LogP contribution is 2.23. The fourth-order valence-corrected chi connectivity index (χ4v) is 3.21. The lowest BCUT2D eigenvalue weighted by molar-refractivity contribution is 0.134. The van der Waals surface area contributed by atoms with Gasteiger partial charge in [-0.3, -0.25) is 0 Å². The van der Waals surface area contributed by atoms with Gasteiger partial charge in [-0.25, -0.2) is 18.4 Å².